The van der Waals surface area contributed by atoms with Crippen LogP contribution in [-0.2, 0) is 16.6 Å². The van der Waals surface area contributed by atoms with Crippen molar-refractivity contribution in [3.63, 3.8) is 0 Å². The van der Waals surface area contributed by atoms with Crippen molar-refractivity contribution in [1.82, 2.24) is 4.72 Å². The van der Waals surface area contributed by atoms with Gasteiger partial charge < -0.3 is 5.11 Å². The van der Waals surface area contributed by atoms with Gasteiger partial charge in [0.1, 0.15) is 0 Å². The molecule has 0 heterocycles. The number of nitrogens with one attached hydrogen (secondary N) is 1. The zero-order valence-electron chi connectivity index (χ0n) is 9.40. The van der Waals surface area contributed by atoms with Gasteiger partial charge in [-0.1, -0.05) is 11.6 Å². The lowest BCUT2D eigenvalue weighted by Crippen LogP contribution is -2.26. The molecular formula is C11H14ClNO3S. The molecule has 1 fully saturated rings. The van der Waals surface area contributed by atoms with Crippen molar-refractivity contribution in [2.24, 2.45) is 0 Å². The van der Waals surface area contributed by atoms with E-state index in [1.54, 1.807) is 13.0 Å². The quantitative estimate of drug-likeness (QED) is 0.877. The molecule has 0 aromatic heterocycles. The lowest BCUT2D eigenvalue weighted by Gasteiger charge is -2.12. The molecule has 0 bridgehead atoms. The highest BCUT2D eigenvalue weighted by atomic mass is 35.5. The first kappa shape index (κ1) is 12.8. The van der Waals surface area contributed by atoms with Crippen molar-refractivity contribution in [2.45, 2.75) is 37.3 Å². The maximum absolute atomic E-state index is 12.1. The molecule has 4 nitrogen and oxygen atoms in total. The predicted octanol–water partition coefficient (Wildman–Crippen LogP) is 1.58. The summed E-state index contributed by atoms with van der Waals surface area (Å²) < 4.78 is 26.7. The molecule has 0 aliphatic heterocycles. The second-order valence-corrected chi connectivity index (χ2v) is 6.36. The Bertz CT molecular complexity index is 538. The fraction of sp³-hybridized carbons (Fsp3) is 0.455. The average Bonchev–Trinajstić information content (AvgIpc) is 3.03. The summed E-state index contributed by atoms with van der Waals surface area (Å²) in [6.07, 6.45) is 1.76. The molecule has 0 amide bonds. The molecule has 1 aliphatic rings. The van der Waals surface area contributed by atoms with Gasteiger partial charge in [-0.3, -0.25) is 0 Å². The van der Waals surface area contributed by atoms with Crippen molar-refractivity contribution in [3.8, 4) is 0 Å². The fourth-order valence-corrected chi connectivity index (χ4v) is 3.56. The molecule has 94 valence electrons. The Balaban J connectivity index is 2.46. The van der Waals surface area contributed by atoms with Crippen LogP contribution in [0.1, 0.15) is 24.0 Å². The van der Waals surface area contributed by atoms with Gasteiger partial charge in [0.2, 0.25) is 10.0 Å². The van der Waals surface area contributed by atoms with E-state index in [-0.39, 0.29) is 17.5 Å². The number of hydrogen-bond acceptors (Lipinski definition) is 3. The first-order valence-corrected chi connectivity index (χ1v) is 7.22. The number of sulfonamides is 1. The molecule has 0 spiro atoms. The second kappa shape index (κ2) is 4.57. The molecule has 2 N–H and O–H groups in total. The lowest BCUT2D eigenvalue weighted by atomic mass is 10.1. The third-order valence-electron chi connectivity index (χ3n) is 2.79. The Morgan fingerprint density at radius 1 is 1.47 bits per heavy atom. The van der Waals surface area contributed by atoms with Crippen LogP contribution in [0.15, 0.2) is 17.0 Å². The maximum Gasteiger partial charge on any atom is 0.241 e. The highest BCUT2D eigenvalue weighted by Gasteiger charge is 2.29. The van der Waals surface area contributed by atoms with Gasteiger partial charge in [-0.2, -0.15) is 0 Å². The number of rotatable bonds is 4. The Hall–Kier alpha value is -0.620. The molecule has 2 rings (SSSR count). The zero-order valence-corrected chi connectivity index (χ0v) is 11.0. The first-order valence-electron chi connectivity index (χ1n) is 5.36. The van der Waals surface area contributed by atoms with Crippen LogP contribution in [0.5, 0.6) is 0 Å². The van der Waals surface area contributed by atoms with Gasteiger partial charge in [-0.15, -0.1) is 0 Å². The first-order chi connectivity index (χ1) is 7.94. The molecule has 0 unspecified atom stereocenters. The van der Waals surface area contributed by atoms with E-state index in [1.807, 2.05) is 0 Å². The molecule has 6 heteroatoms. The number of benzene rings is 1. The van der Waals surface area contributed by atoms with Gasteiger partial charge in [0.05, 0.1) is 11.5 Å². The number of aliphatic hydroxyl groups is 1. The van der Waals surface area contributed by atoms with Crippen molar-refractivity contribution >= 4 is 21.6 Å². The third-order valence-corrected chi connectivity index (χ3v) is 4.66. The van der Waals surface area contributed by atoms with E-state index < -0.39 is 10.0 Å². The molecule has 0 saturated heterocycles. The lowest BCUT2D eigenvalue weighted by molar-refractivity contribution is 0.280. The van der Waals surface area contributed by atoms with E-state index in [2.05, 4.69) is 4.72 Å². The molecule has 1 aliphatic carbocycles. The Kier molecular flexibility index (Phi) is 3.45. The molecule has 0 atom stereocenters. The predicted molar refractivity (Wildman–Crippen MR) is 65.5 cm³/mol. The van der Waals surface area contributed by atoms with Crippen LogP contribution in [-0.4, -0.2) is 19.6 Å². The molecule has 1 aromatic rings. The van der Waals surface area contributed by atoms with E-state index in [0.717, 1.165) is 12.8 Å². The van der Waals surface area contributed by atoms with Crippen LogP contribution in [0.25, 0.3) is 0 Å². The van der Waals surface area contributed by atoms with Crippen LogP contribution >= 0.6 is 11.6 Å². The third kappa shape index (κ3) is 2.80. The molecule has 0 radical (unpaired) electrons. The normalized spacial score (nSPS) is 16.2. The van der Waals surface area contributed by atoms with Gasteiger partial charge >= 0.3 is 0 Å². The Morgan fingerprint density at radius 2 is 2.12 bits per heavy atom. The summed E-state index contributed by atoms with van der Waals surface area (Å²) in [5.74, 6) is 0. The van der Waals surface area contributed by atoms with Gasteiger partial charge in [-0.05, 0) is 43.0 Å². The number of hydrogen-bond donors (Lipinski definition) is 2. The summed E-state index contributed by atoms with van der Waals surface area (Å²) in [6, 6.07) is 3.05. The highest BCUT2D eigenvalue weighted by molar-refractivity contribution is 7.89. The highest BCUT2D eigenvalue weighted by Crippen LogP contribution is 2.27. The molecular weight excluding hydrogens is 262 g/mol. The topological polar surface area (TPSA) is 66.4 Å². The minimum Gasteiger partial charge on any atom is -0.392 e. The van der Waals surface area contributed by atoms with Crippen LogP contribution in [0.4, 0.5) is 0 Å². The Labute approximate surface area is 106 Å². The summed E-state index contributed by atoms with van der Waals surface area (Å²) in [6.45, 7) is 1.45. The number of halogens is 1. The van der Waals surface area contributed by atoms with E-state index in [4.69, 9.17) is 16.7 Å². The maximum atomic E-state index is 12.1. The molecule has 1 saturated carbocycles. The molecule has 17 heavy (non-hydrogen) atoms. The van der Waals surface area contributed by atoms with Crippen molar-refractivity contribution in [3.05, 3.63) is 28.3 Å². The minimum absolute atomic E-state index is 0.0518. The fourth-order valence-electron chi connectivity index (χ4n) is 1.64. The van der Waals surface area contributed by atoms with Crippen molar-refractivity contribution in [2.75, 3.05) is 0 Å². The Morgan fingerprint density at radius 3 is 2.65 bits per heavy atom. The van der Waals surface area contributed by atoms with Gasteiger partial charge in [0.15, 0.2) is 0 Å². The van der Waals surface area contributed by atoms with Crippen LogP contribution in [0.2, 0.25) is 5.02 Å². The van der Waals surface area contributed by atoms with Crippen molar-refractivity contribution < 1.29 is 13.5 Å². The van der Waals surface area contributed by atoms with E-state index >= 15 is 0 Å². The van der Waals surface area contributed by atoms with Gasteiger partial charge in [0, 0.05) is 11.1 Å². The second-order valence-electron chi connectivity index (χ2n) is 4.24. The zero-order chi connectivity index (χ0) is 12.6. The number of aliphatic hydroxyl groups excluding tert-OH is 1. The smallest absolute Gasteiger partial charge is 0.241 e. The SMILES string of the molecule is Cc1c(CO)cc(Cl)cc1S(=O)(=O)NC1CC1. The van der Waals surface area contributed by atoms with Crippen LogP contribution in [0.3, 0.4) is 0 Å². The van der Waals surface area contributed by atoms with Crippen LogP contribution < -0.4 is 4.72 Å². The van der Waals surface area contributed by atoms with E-state index in [1.165, 1.54) is 6.07 Å². The summed E-state index contributed by atoms with van der Waals surface area (Å²) in [5.41, 5.74) is 1.08. The molecule has 1 aromatic carbocycles. The summed E-state index contributed by atoms with van der Waals surface area (Å²) >= 11 is 5.86. The largest absolute Gasteiger partial charge is 0.392 e. The standard InChI is InChI=1S/C11H14ClNO3S/c1-7-8(6-14)4-9(12)5-11(7)17(15,16)13-10-2-3-10/h4-5,10,13-14H,2-3,6H2,1H3. The summed E-state index contributed by atoms with van der Waals surface area (Å²) in [4.78, 5) is 0.154. The van der Waals surface area contributed by atoms with Crippen molar-refractivity contribution in [1.29, 1.82) is 0 Å². The summed E-state index contributed by atoms with van der Waals surface area (Å²) in [5, 5.41) is 9.47. The monoisotopic (exact) mass is 275 g/mol. The van der Waals surface area contributed by atoms with Gasteiger partial charge in [0.25, 0.3) is 0 Å². The van der Waals surface area contributed by atoms with Crippen LogP contribution in [0, 0.1) is 6.92 Å². The van der Waals surface area contributed by atoms with E-state index in [0.29, 0.717) is 16.1 Å². The minimum atomic E-state index is -3.53. The average molecular weight is 276 g/mol. The van der Waals surface area contributed by atoms with E-state index in [9.17, 15) is 8.42 Å². The summed E-state index contributed by atoms with van der Waals surface area (Å²) in [7, 11) is -3.53. The van der Waals surface area contributed by atoms with Gasteiger partial charge in [-0.25, -0.2) is 13.1 Å².